The minimum atomic E-state index is -1.17. The highest BCUT2D eigenvalue weighted by atomic mass is 16.3. The van der Waals surface area contributed by atoms with Crippen molar-refractivity contribution >= 4 is 5.91 Å². The Hall–Kier alpha value is -1.43. The summed E-state index contributed by atoms with van der Waals surface area (Å²) in [5, 5.41) is 33.4. The molecule has 0 radical (unpaired) electrons. The smallest absolute Gasteiger partial charge is 0.220 e. The number of unbranched alkanes of at least 4 members (excludes halogenated alkanes) is 25. The van der Waals surface area contributed by atoms with Gasteiger partial charge in [-0.05, 0) is 77.0 Å². The molecule has 3 unspecified atom stereocenters. The van der Waals surface area contributed by atoms with Crippen LogP contribution in [0.2, 0.25) is 0 Å². The Balaban J connectivity index is 3.67. The zero-order valence-corrected chi connectivity index (χ0v) is 33.3. The van der Waals surface area contributed by atoms with Gasteiger partial charge in [0.1, 0.15) is 6.10 Å². The standard InChI is InChI=1S/C45H85NO4/c1-3-5-7-9-11-13-15-17-19-20-21-22-23-24-25-26-28-30-32-34-36-38-40-44(49)46-42(41-47)45(50)43(48)39-37-35-33-31-29-27-18-16-14-12-10-8-6-4-2/h16,18,23-24,31,33,42-43,45,47-48,50H,3-15,17,19-22,25-30,32,34-41H2,1-2H3,(H,46,49)/b18-16+,24-23-,33-31+. The predicted molar refractivity (Wildman–Crippen MR) is 218 cm³/mol. The van der Waals surface area contributed by atoms with Crippen LogP contribution in [0.4, 0.5) is 0 Å². The number of nitrogens with one attached hydrogen (secondary N) is 1. The molecule has 5 heteroatoms. The van der Waals surface area contributed by atoms with Crippen molar-refractivity contribution in [1.82, 2.24) is 5.32 Å². The van der Waals surface area contributed by atoms with E-state index >= 15 is 0 Å². The highest BCUT2D eigenvalue weighted by Gasteiger charge is 2.26. The van der Waals surface area contributed by atoms with Crippen LogP contribution in [0.15, 0.2) is 36.5 Å². The van der Waals surface area contributed by atoms with Crippen molar-refractivity contribution in [2.24, 2.45) is 0 Å². The van der Waals surface area contributed by atoms with E-state index in [1.54, 1.807) is 0 Å². The molecule has 0 saturated heterocycles. The minimum absolute atomic E-state index is 0.163. The average molecular weight is 704 g/mol. The van der Waals surface area contributed by atoms with Crippen LogP contribution in [0, 0.1) is 0 Å². The highest BCUT2D eigenvalue weighted by Crippen LogP contribution is 2.14. The summed E-state index contributed by atoms with van der Waals surface area (Å²) >= 11 is 0. The monoisotopic (exact) mass is 704 g/mol. The molecule has 0 aromatic carbocycles. The summed E-state index contributed by atoms with van der Waals surface area (Å²) < 4.78 is 0. The SMILES string of the molecule is CCCCCCC/C=C/CC/C=C/CCCC(O)C(O)C(CO)NC(=O)CCCCCCCCC/C=C\CCCCCCCCCCCCC. The van der Waals surface area contributed by atoms with Gasteiger partial charge in [0.25, 0.3) is 0 Å². The van der Waals surface area contributed by atoms with Crippen molar-refractivity contribution in [3.05, 3.63) is 36.5 Å². The van der Waals surface area contributed by atoms with Crippen LogP contribution in [-0.2, 0) is 4.79 Å². The maximum absolute atomic E-state index is 12.4. The van der Waals surface area contributed by atoms with Crippen molar-refractivity contribution in [3.63, 3.8) is 0 Å². The minimum Gasteiger partial charge on any atom is -0.394 e. The Bertz CT molecular complexity index is 779. The lowest BCUT2D eigenvalue weighted by Crippen LogP contribution is -2.50. The third kappa shape index (κ3) is 35.0. The fourth-order valence-corrected chi connectivity index (χ4v) is 6.53. The second-order valence-corrected chi connectivity index (χ2v) is 14.9. The van der Waals surface area contributed by atoms with Crippen molar-refractivity contribution in [2.45, 2.75) is 238 Å². The molecule has 0 aliphatic carbocycles. The molecule has 0 saturated carbocycles. The van der Waals surface area contributed by atoms with Gasteiger partial charge >= 0.3 is 0 Å². The normalized spacial score (nSPS) is 13.9. The largest absolute Gasteiger partial charge is 0.394 e. The van der Waals surface area contributed by atoms with Crippen LogP contribution in [0.3, 0.4) is 0 Å². The van der Waals surface area contributed by atoms with E-state index in [2.05, 4.69) is 55.6 Å². The summed E-state index contributed by atoms with van der Waals surface area (Å²) in [6, 6.07) is -0.833. The maximum Gasteiger partial charge on any atom is 0.220 e. The van der Waals surface area contributed by atoms with Gasteiger partial charge in [-0.2, -0.15) is 0 Å². The average Bonchev–Trinajstić information content (AvgIpc) is 3.12. The van der Waals surface area contributed by atoms with E-state index in [4.69, 9.17) is 0 Å². The van der Waals surface area contributed by atoms with Gasteiger partial charge in [-0.1, -0.05) is 172 Å². The molecule has 0 heterocycles. The van der Waals surface area contributed by atoms with Crippen LogP contribution in [-0.4, -0.2) is 46.1 Å². The first-order chi connectivity index (χ1) is 24.6. The van der Waals surface area contributed by atoms with Gasteiger partial charge in [-0.3, -0.25) is 4.79 Å². The number of aliphatic hydroxyl groups is 3. The highest BCUT2D eigenvalue weighted by molar-refractivity contribution is 5.76. The number of hydrogen-bond acceptors (Lipinski definition) is 4. The molecule has 0 fully saturated rings. The number of carbonyl (C=O) groups is 1. The topological polar surface area (TPSA) is 89.8 Å². The van der Waals surface area contributed by atoms with Crippen LogP contribution in [0.5, 0.6) is 0 Å². The van der Waals surface area contributed by atoms with E-state index in [0.717, 1.165) is 44.9 Å². The van der Waals surface area contributed by atoms with E-state index in [9.17, 15) is 20.1 Å². The molecule has 294 valence electrons. The van der Waals surface area contributed by atoms with Crippen LogP contribution < -0.4 is 5.32 Å². The summed E-state index contributed by atoms with van der Waals surface area (Å²) in [5.74, 6) is -0.163. The molecule has 50 heavy (non-hydrogen) atoms. The Morgan fingerprint density at radius 1 is 0.480 bits per heavy atom. The number of aliphatic hydroxyl groups excluding tert-OH is 3. The van der Waals surface area contributed by atoms with Gasteiger partial charge < -0.3 is 20.6 Å². The second kappa shape index (κ2) is 40.3. The third-order valence-electron chi connectivity index (χ3n) is 9.94. The van der Waals surface area contributed by atoms with Crippen molar-refractivity contribution in [2.75, 3.05) is 6.61 Å². The molecule has 0 rings (SSSR count). The van der Waals surface area contributed by atoms with Crippen molar-refractivity contribution in [1.29, 1.82) is 0 Å². The first-order valence-electron chi connectivity index (χ1n) is 21.8. The number of allylic oxidation sites excluding steroid dienone is 6. The lowest BCUT2D eigenvalue weighted by atomic mass is 10.0. The Kier molecular flexibility index (Phi) is 39.2. The summed E-state index contributed by atoms with van der Waals surface area (Å²) in [5.41, 5.74) is 0. The van der Waals surface area contributed by atoms with E-state index in [1.807, 2.05) is 0 Å². The predicted octanol–water partition coefficient (Wildman–Crippen LogP) is 12.4. The molecule has 0 aliphatic heterocycles. The van der Waals surface area contributed by atoms with Gasteiger partial charge in [0, 0.05) is 6.42 Å². The molecule has 0 aliphatic rings. The van der Waals surface area contributed by atoms with Crippen molar-refractivity contribution in [3.8, 4) is 0 Å². The first-order valence-corrected chi connectivity index (χ1v) is 21.8. The molecule has 0 spiro atoms. The maximum atomic E-state index is 12.4. The van der Waals surface area contributed by atoms with Crippen molar-refractivity contribution < 1.29 is 20.1 Å². The Morgan fingerprint density at radius 3 is 1.22 bits per heavy atom. The number of amides is 1. The molecular weight excluding hydrogens is 618 g/mol. The van der Waals surface area contributed by atoms with Crippen LogP contribution in [0.1, 0.15) is 219 Å². The quantitative estimate of drug-likeness (QED) is 0.0379. The van der Waals surface area contributed by atoms with Gasteiger partial charge in [0.05, 0.1) is 18.8 Å². The Labute approximate surface area is 311 Å². The van der Waals surface area contributed by atoms with E-state index < -0.39 is 18.2 Å². The fraction of sp³-hybridized carbons (Fsp3) is 0.844. The number of hydrogen-bond donors (Lipinski definition) is 4. The summed E-state index contributed by atoms with van der Waals surface area (Å²) in [4.78, 5) is 12.4. The van der Waals surface area contributed by atoms with Crippen LogP contribution >= 0.6 is 0 Å². The van der Waals surface area contributed by atoms with Crippen LogP contribution in [0.25, 0.3) is 0 Å². The summed E-state index contributed by atoms with van der Waals surface area (Å²) in [7, 11) is 0. The van der Waals surface area contributed by atoms with E-state index in [0.29, 0.717) is 12.8 Å². The molecule has 3 atom stereocenters. The fourth-order valence-electron chi connectivity index (χ4n) is 6.53. The molecule has 5 nitrogen and oxygen atoms in total. The van der Waals surface area contributed by atoms with Gasteiger partial charge in [0.2, 0.25) is 5.91 Å². The lowest BCUT2D eigenvalue weighted by molar-refractivity contribution is -0.124. The second-order valence-electron chi connectivity index (χ2n) is 14.9. The summed E-state index contributed by atoms with van der Waals surface area (Å²) in [6.07, 6.45) is 49.7. The first kappa shape index (κ1) is 48.6. The number of rotatable bonds is 39. The molecule has 4 N–H and O–H groups in total. The van der Waals surface area contributed by atoms with Gasteiger partial charge in [0.15, 0.2) is 0 Å². The molecule has 0 aromatic rings. The van der Waals surface area contributed by atoms with Gasteiger partial charge in [-0.25, -0.2) is 0 Å². The molecule has 0 aromatic heterocycles. The van der Waals surface area contributed by atoms with E-state index in [1.165, 1.54) is 148 Å². The zero-order valence-electron chi connectivity index (χ0n) is 33.3. The summed E-state index contributed by atoms with van der Waals surface area (Å²) in [6.45, 7) is 4.15. The Morgan fingerprint density at radius 2 is 0.820 bits per heavy atom. The number of carbonyl (C=O) groups excluding carboxylic acids is 1. The van der Waals surface area contributed by atoms with E-state index in [-0.39, 0.29) is 12.5 Å². The van der Waals surface area contributed by atoms with Gasteiger partial charge in [-0.15, -0.1) is 0 Å². The third-order valence-corrected chi connectivity index (χ3v) is 9.94. The lowest BCUT2D eigenvalue weighted by Gasteiger charge is -2.26. The zero-order chi connectivity index (χ0) is 36.6. The molecule has 1 amide bonds. The molecular formula is C45H85NO4. The molecule has 0 bridgehead atoms.